The van der Waals surface area contributed by atoms with Gasteiger partial charge in [0.1, 0.15) is 0 Å². The fraction of sp³-hybridized carbons (Fsp3) is 0.280. The van der Waals surface area contributed by atoms with Crippen molar-refractivity contribution in [1.29, 1.82) is 0 Å². The number of fused-ring (bicyclic) bond motifs is 2. The summed E-state index contributed by atoms with van der Waals surface area (Å²) < 4.78 is 0. The van der Waals surface area contributed by atoms with Crippen LogP contribution in [0.15, 0.2) is 72.0 Å². The fourth-order valence-electron chi connectivity index (χ4n) is 4.12. The summed E-state index contributed by atoms with van der Waals surface area (Å²) in [6.07, 6.45) is 5.64. The third kappa shape index (κ3) is 5.01. The maximum atomic E-state index is 11.4. The monoisotopic (exact) mass is 563 g/mol. The van der Waals surface area contributed by atoms with E-state index >= 15 is 0 Å². The minimum Gasteiger partial charge on any atom is -0.512 e. The minimum atomic E-state index is 0. The van der Waals surface area contributed by atoms with E-state index in [1.807, 2.05) is 48.5 Å². The number of hydrogen-bond donors (Lipinski definition) is 1. The first-order valence-electron chi connectivity index (χ1n) is 10.0. The molecule has 1 fully saturated rings. The van der Waals surface area contributed by atoms with Crippen LogP contribution in [0, 0.1) is 12.0 Å². The zero-order chi connectivity index (χ0) is 19.3. The van der Waals surface area contributed by atoms with Gasteiger partial charge in [-0.15, -0.1) is 35.9 Å². The molecule has 0 amide bonds. The predicted octanol–water partition coefficient (Wildman–Crippen LogP) is 6.05. The Kier molecular flexibility index (Phi) is 7.35. The van der Waals surface area contributed by atoms with Gasteiger partial charge in [-0.25, -0.2) is 0 Å². The maximum absolute atomic E-state index is 11.4. The number of allylic oxidation sites excluding steroid dienone is 2. The van der Waals surface area contributed by atoms with E-state index in [2.05, 4.69) is 23.2 Å². The van der Waals surface area contributed by atoms with Gasteiger partial charge in [0.2, 0.25) is 0 Å². The summed E-state index contributed by atoms with van der Waals surface area (Å²) in [6.45, 7) is 0. The van der Waals surface area contributed by atoms with Crippen LogP contribution < -0.4 is 0 Å². The van der Waals surface area contributed by atoms with E-state index in [1.165, 1.54) is 5.39 Å². The van der Waals surface area contributed by atoms with Crippen LogP contribution in [0.1, 0.15) is 38.5 Å². The van der Waals surface area contributed by atoms with Gasteiger partial charge in [-0.2, -0.15) is 0 Å². The normalized spacial score (nSPS) is 18.3. The molecule has 1 aromatic heterocycles. The zero-order valence-corrected chi connectivity index (χ0v) is 18.6. The van der Waals surface area contributed by atoms with Gasteiger partial charge in [-0.1, -0.05) is 30.3 Å². The average Bonchev–Trinajstić information content (AvgIpc) is 2.75. The topological polar surface area (TPSA) is 50.2 Å². The van der Waals surface area contributed by atoms with Crippen molar-refractivity contribution >= 4 is 16.7 Å². The Balaban J connectivity index is 0.000000167. The third-order valence-electron chi connectivity index (χ3n) is 5.53. The summed E-state index contributed by atoms with van der Waals surface area (Å²) in [7, 11) is 0. The van der Waals surface area contributed by atoms with Crippen LogP contribution >= 0.6 is 0 Å². The molecule has 2 aromatic carbocycles. The number of nitrogens with zero attached hydrogens (tertiary/aromatic N) is 1. The Morgan fingerprint density at radius 3 is 2.45 bits per heavy atom. The van der Waals surface area contributed by atoms with E-state index in [1.54, 1.807) is 0 Å². The molecule has 2 aliphatic carbocycles. The average molecular weight is 563 g/mol. The van der Waals surface area contributed by atoms with Gasteiger partial charge in [-0.05, 0) is 48.7 Å². The summed E-state index contributed by atoms with van der Waals surface area (Å²) in [6, 6.07) is 23.4. The molecule has 1 N–H and O–H groups in total. The molecule has 4 heteroatoms. The van der Waals surface area contributed by atoms with Crippen LogP contribution in [0.4, 0.5) is 0 Å². The summed E-state index contributed by atoms with van der Waals surface area (Å²) >= 11 is 0. The van der Waals surface area contributed by atoms with Crippen molar-refractivity contribution in [2.45, 2.75) is 38.5 Å². The van der Waals surface area contributed by atoms with Crippen molar-refractivity contribution < 1.29 is 30.0 Å². The molecule has 1 atom stereocenters. The zero-order valence-electron chi connectivity index (χ0n) is 16.2. The number of Topliss-reactive ketones (excluding diaryl/α,β-unsaturated/α-hetero) is 1. The van der Waals surface area contributed by atoms with Crippen LogP contribution in [0.2, 0.25) is 0 Å². The molecule has 3 nitrogen and oxygen atoms in total. The molecule has 0 saturated heterocycles. The number of hydrogen-bond acceptors (Lipinski definition) is 3. The van der Waals surface area contributed by atoms with Crippen molar-refractivity contribution in [2.24, 2.45) is 5.92 Å². The van der Waals surface area contributed by atoms with Crippen molar-refractivity contribution in [3.05, 3.63) is 78.1 Å². The van der Waals surface area contributed by atoms with E-state index in [0.717, 1.165) is 54.5 Å². The van der Waals surface area contributed by atoms with E-state index in [0.29, 0.717) is 18.1 Å². The number of rotatable bonds is 1. The SMILES string of the molecule is O=C1CCCC2CCCC(O)=C12.[Ir].[c-]1ccccc1-c1ccc2ccccc2n1. The summed E-state index contributed by atoms with van der Waals surface area (Å²) in [5, 5.41) is 10.7. The second-order valence-electron chi connectivity index (χ2n) is 7.43. The second-order valence-corrected chi connectivity index (χ2v) is 7.43. The van der Waals surface area contributed by atoms with Gasteiger partial charge in [0.05, 0.1) is 11.3 Å². The first-order chi connectivity index (χ1) is 13.7. The molecule has 1 radical (unpaired) electrons. The number of ketones is 1. The largest absolute Gasteiger partial charge is 0.512 e. The molecule has 3 aromatic rings. The van der Waals surface area contributed by atoms with Gasteiger partial charge >= 0.3 is 0 Å². The molecule has 1 heterocycles. The van der Waals surface area contributed by atoms with E-state index < -0.39 is 0 Å². The first-order valence-corrected chi connectivity index (χ1v) is 10.0. The number of aliphatic hydroxyl groups is 1. The predicted molar refractivity (Wildman–Crippen MR) is 112 cm³/mol. The van der Waals surface area contributed by atoms with Crippen molar-refractivity contribution in [3.8, 4) is 11.3 Å². The van der Waals surface area contributed by atoms with Crippen LogP contribution in [-0.2, 0) is 24.9 Å². The molecular weight excluding hydrogens is 538 g/mol. The molecule has 151 valence electrons. The number of para-hydroxylation sites is 1. The standard InChI is InChI=1S/C15H10N.C10H14O2.Ir/c1-2-6-12(7-3-1)15-11-10-13-8-4-5-9-14(13)16-15;11-8-5-1-3-7-4-2-6-9(12)10(7)8;/h1-6,8-11H;7,11H,1-6H2;/q-1;;. The van der Waals surface area contributed by atoms with Crippen molar-refractivity contribution in [3.63, 3.8) is 0 Å². The molecule has 0 bridgehead atoms. The van der Waals surface area contributed by atoms with E-state index in [-0.39, 0.29) is 25.9 Å². The maximum Gasteiger partial charge on any atom is 0.162 e. The summed E-state index contributed by atoms with van der Waals surface area (Å²) in [5.41, 5.74) is 3.80. The molecule has 29 heavy (non-hydrogen) atoms. The quantitative estimate of drug-likeness (QED) is 0.368. The smallest absolute Gasteiger partial charge is 0.162 e. The van der Waals surface area contributed by atoms with Gasteiger partial charge in [0.25, 0.3) is 0 Å². The third-order valence-corrected chi connectivity index (χ3v) is 5.53. The molecule has 0 aliphatic heterocycles. The number of aliphatic hydroxyl groups excluding tert-OH is 1. The van der Waals surface area contributed by atoms with Crippen molar-refractivity contribution in [2.75, 3.05) is 0 Å². The van der Waals surface area contributed by atoms with Crippen LogP contribution in [0.3, 0.4) is 0 Å². The molecule has 0 spiro atoms. The fourth-order valence-corrected chi connectivity index (χ4v) is 4.12. The summed E-state index contributed by atoms with van der Waals surface area (Å²) in [4.78, 5) is 16.0. The van der Waals surface area contributed by atoms with Gasteiger partial charge in [0.15, 0.2) is 5.78 Å². The minimum absolute atomic E-state index is 0. The van der Waals surface area contributed by atoms with E-state index in [9.17, 15) is 9.90 Å². The molecule has 2 aliphatic rings. The summed E-state index contributed by atoms with van der Waals surface area (Å²) in [5.74, 6) is 0.972. The Bertz CT molecular complexity index is 1010. The number of aromatic nitrogens is 1. The number of pyridine rings is 1. The molecule has 1 unspecified atom stereocenters. The Morgan fingerprint density at radius 2 is 1.69 bits per heavy atom. The van der Waals surface area contributed by atoms with Gasteiger partial charge in [-0.3, -0.25) is 9.78 Å². The van der Waals surface area contributed by atoms with Crippen molar-refractivity contribution in [1.82, 2.24) is 4.98 Å². The Hall–Kier alpha value is -2.29. The van der Waals surface area contributed by atoms with Crippen LogP contribution in [0.5, 0.6) is 0 Å². The van der Waals surface area contributed by atoms with Gasteiger partial charge in [0, 0.05) is 38.5 Å². The van der Waals surface area contributed by atoms with Crippen LogP contribution in [-0.4, -0.2) is 15.9 Å². The molecule has 1 saturated carbocycles. The molecular formula is C25H24IrNO2-. The van der Waals surface area contributed by atoms with E-state index in [4.69, 9.17) is 0 Å². The van der Waals surface area contributed by atoms with Gasteiger partial charge < -0.3 is 5.11 Å². The van der Waals surface area contributed by atoms with Crippen LogP contribution in [0.25, 0.3) is 22.2 Å². The number of carbonyl (C=O) groups is 1. The number of benzene rings is 2. The number of carbonyl (C=O) groups excluding carboxylic acids is 1. The Morgan fingerprint density at radius 1 is 0.931 bits per heavy atom. The second kappa shape index (κ2) is 9.95. The first kappa shape index (κ1) is 21.4. The molecule has 5 rings (SSSR count). The Labute approximate surface area is 185 Å².